The summed E-state index contributed by atoms with van der Waals surface area (Å²) in [5.74, 6) is -1.08. The lowest BCUT2D eigenvalue weighted by molar-refractivity contribution is 0.428. The first kappa shape index (κ1) is 22.0. The Morgan fingerprint density at radius 3 is 1.93 bits per heavy atom. The van der Waals surface area contributed by atoms with Crippen LogP contribution < -0.4 is 0 Å². The number of hydrogen-bond donors (Lipinski definition) is 3. The van der Waals surface area contributed by atoms with Crippen LogP contribution >= 0.6 is 46.4 Å². The Morgan fingerprint density at radius 2 is 1.31 bits per heavy atom. The summed E-state index contributed by atoms with van der Waals surface area (Å²) in [5, 5.41) is 21.0. The Morgan fingerprint density at radius 1 is 0.690 bits per heavy atom. The highest BCUT2D eigenvalue weighted by molar-refractivity contribution is 7.87. The number of benzene rings is 3. The fraction of sp³-hybridized carbons (Fsp3) is 0.0526. The maximum atomic E-state index is 13.0. The number of rotatable bonds is 4. The van der Waals surface area contributed by atoms with E-state index in [1.165, 1.54) is 42.5 Å². The van der Waals surface area contributed by atoms with Crippen molar-refractivity contribution >= 4 is 56.5 Å². The van der Waals surface area contributed by atoms with Crippen LogP contribution in [0.4, 0.5) is 0 Å². The third-order valence-electron chi connectivity index (χ3n) is 4.40. The highest BCUT2D eigenvalue weighted by atomic mass is 35.5. The molecule has 0 aliphatic rings. The van der Waals surface area contributed by atoms with Gasteiger partial charge in [-0.2, -0.15) is 8.42 Å². The molecule has 152 valence electrons. The van der Waals surface area contributed by atoms with Gasteiger partial charge >= 0.3 is 0 Å². The van der Waals surface area contributed by atoms with E-state index in [2.05, 4.69) is 0 Å². The van der Waals surface area contributed by atoms with Gasteiger partial charge in [-0.15, -0.1) is 0 Å². The van der Waals surface area contributed by atoms with Crippen LogP contribution in [0.15, 0.2) is 54.6 Å². The van der Waals surface area contributed by atoms with Gasteiger partial charge in [0.15, 0.2) is 4.75 Å². The van der Waals surface area contributed by atoms with E-state index in [1.54, 1.807) is 0 Å². The molecule has 0 heterocycles. The summed E-state index contributed by atoms with van der Waals surface area (Å²) in [6.07, 6.45) is 0. The molecule has 29 heavy (non-hydrogen) atoms. The molecule has 0 fully saturated rings. The topological polar surface area (TPSA) is 94.8 Å². The van der Waals surface area contributed by atoms with Crippen LogP contribution in [0, 0.1) is 0 Å². The van der Waals surface area contributed by atoms with Gasteiger partial charge in [-0.25, -0.2) is 0 Å². The molecule has 3 aromatic carbocycles. The van der Waals surface area contributed by atoms with E-state index < -0.39 is 26.4 Å². The summed E-state index contributed by atoms with van der Waals surface area (Å²) in [6, 6.07) is 11.5. The van der Waals surface area contributed by atoms with Crippen molar-refractivity contribution in [2.75, 3.05) is 0 Å². The predicted octanol–water partition coefficient (Wildman–Crippen LogP) is 5.89. The van der Waals surface area contributed by atoms with E-state index in [4.69, 9.17) is 46.4 Å². The number of halogens is 4. The molecule has 1 unspecified atom stereocenters. The Hall–Kier alpha value is -1.67. The molecule has 0 bridgehead atoms. The van der Waals surface area contributed by atoms with Crippen LogP contribution in [-0.4, -0.2) is 23.2 Å². The van der Waals surface area contributed by atoms with E-state index in [9.17, 15) is 23.2 Å². The van der Waals surface area contributed by atoms with Crippen molar-refractivity contribution in [3.63, 3.8) is 0 Å². The molecule has 5 nitrogen and oxygen atoms in total. The lowest BCUT2D eigenvalue weighted by Gasteiger charge is -2.34. The average molecular weight is 494 g/mol. The van der Waals surface area contributed by atoms with Gasteiger partial charge < -0.3 is 10.2 Å². The largest absolute Gasteiger partial charge is 0.508 e. The third kappa shape index (κ3) is 3.65. The zero-order valence-electron chi connectivity index (χ0n) is 14.3. The second kappa shape index (κ2) is 7.87. The molecule has 0 saturated heterocycles. The summed E-state index contributed by atoms with van der Waals surface area (Å²) in [4.78, 5) is 0. The molecule has 0 aliphatic carbocycles. The zero-order chi connectivity index (χ0) is 21.6. The van der Waals surface area contributed by atoms with Crippen LogP contribution in [0.5, 0.6) is 11.5 Å². The average Bonchev–Trinajstić information content (AvgIpc) is 2.63. The SMILES string of the molecule is O=S(=O)(O)C(c1ccccc1O)(c1cc(Cl)c(Cl)cc1O)c1cc(Cl)ccc1Cl. The minimum absolute atomic E-state index is 0.0494. The number of phenols is 2. The van der Waals surface area contributed by atoms with Crippen LogP contribution in [0.2, 0.25) is 20.1 Å². The maximum absolute atomic E-state index is 13.0. The molecule has 0 spiro atoms. The Labute approximate surface area is 186 Å². The molecule has 0 aliphatic heterocycles. The Bertz CT molecular complexity index is 1210. The van der Waals surface area contributed by atoms with Gasteiger partial charge in [0.05, 0.1) is 10.0 Å². The van der Waals surface area contributed by atoms with Gasteiger partial charge in [-0.3, -0.25) is 4.55 Å². The fourth-order valence-corrected chi connectivity index (χ4v) is 5.36. The zero-order valence-corrected chi connectivity index (χ0v) is 18.1. The minimum atomic E-state index is -5.16. The summed E-state index contributed by atoms with van der Waals surface area (Å²) >= 11 is 24.4. The second-order valence-electron chi connectivity index (χ2n) is 6.08. The van der Waals surface area contributed by atoms with Gasteiger partial charge in [0, 0.05) is 32.8 Å². The van der Waals surface area contributed by atoms with E-state index in [0.29, 0.717) is 0 Å². The highest BCUT2D eigenvalue weighted by Gasteiger charge is 2.53. The monoisotopic (exact) mass is 492 g/mol. The molecule has 3 N–H and O–H groups in total. The van der Waals surface area contributed by atoms with Crippen LogP contribution in [0.1, 0.15) is 16.7 Å². The van der Waals surface area contributed by atoms with Crippen molar-refractivity contribution in [1.82, 2.24) is 0 Å². The molecular formula is C19H12Cl4O5S. The molecule has 0 amide bonds. The second-order valence-corrected chi connectivity index (χ2v) is 9.30. The smallest absolute Gasteiger partial charge is 0.283 e. The number of aromatic hydroxyl groups is 2. The molecule has 3 rings (SSSR count). The van der Waals surface area contributed by atoms with Gasteiger partial charge in [0.25, 0.3) is 10.1 Å². The van der Waals surface area contributed by atoms with Gasteiger partial charge in [0.1, 0.15) is 11.5 Å². The van der Waals surface area contributed by atoms with Crippen LogP contribution in [0.3, 0.4) is 0 Å². The van der Waals surface area contributed by atoms with Gasteiger partial charge in [-0.1, -0.05) is 64.6 Å². The van der Waals surface area contributed by atoms with Crippen molar-refractivity contribution in [2.45, 2.75) is 4.75 Å². The molecule has 1 atom stereocenters. The lowest BCUT2D eigenvalue weighted by Crippen LogP contribution is -2.38. The summed E-state index contributed by atoms with van der Waals surface area (Å²) < 4.78 is 33.9. The predicted molar refractivity (Wildman–Crippen MR) is 114 cm³/mol. The number of para-hydroxylation sites is 1. The van der Waals surface area contributed by atoms with Crippen LogP contribution in [0.25, 0.3) is 0 Å². The van der Waals surface area contributed by atoms with Crippen LogP contribution in [-0.2, 0) is 14.9 Å². The van der Waals surface area contributed by atoms with E-state index >= 15 is 0 Å². The Kier molecular flexibility index (Phi) is 5.98. The first-order chi connectivity index (χ1) is 13.5. The molecule has 3 aromatic rings. The standard InChI is InChI=1S/C19H12Cl4O5S/c20-10-5-6-14(21)12(7-10)19(29(26,27)28,11-3-1-2-4-17(11)24)13-8-15(22)16(23)9-18(13)25/h1-9,24-25H,(H,26,27,28). The normalized spacial score (nSPS) is 13.8. The summed E-state index contributed by atoms with van der Waals surface area (Å²) in [7, 11) is -5.16. The molecule has 10 heteroatoms. The van der Waals surface area contributed by atoms with Crippen molar-refractivity contribution in [3.8, 4) is 11.5 Å². The van der Waals surface area contributed by atoms with Gasteiger partial charge in [0.2, 0.25) is 0 Å². The number of phenolic OH excluding ortho intramolecular Hbond substituents is 2. The third-order valence-corrected chi connectivity index (χ3v) is 7.12. The van der Waals surface area contributed by atoms with Crippen molar-refractivity contribution in [2.24, 2.45) is 0 Å². The van der Waals surface area contributed by atoms with Crippen molar-refractivity contribution in [1.29, 1.82) is 0 Å². The van der Waals surface area contributed by atoms with E-state index in [1.807, 2.05) is 0 Å². The summed E-state index contributed by atoms with van der Waals surface area (Å²) in [5.41, 5.74) is -0.857. The van der Waals surface area contributed by atoms with Crippen molar-refractivity contribution < 1.29 is 23.2 Å². The minimum Gasteiger partial charge on any atom is -0.508 e. The van der Waals surface area contributed by atoms with Crippen molar-refractivity contribution in [3.05, 3.63) is 91.4 Å². The quantitative estimate of drug-likeness (QED) is 0.311. The highest BCUT2D eigenvalue weighted by Crippen LogP contribution is 2.52. The first-order valence-electron chi connectivity index (χ1n) is 7.89. The molecule has 0 aromatic heterocycles. The fourth-order valence-electron chi connectivity index (χ4n) is 3.21. The van der Waals surface area contributed by atoms with E-state index in [0.717, 1.165) is 12.1 Å². The first-order valence-corrected chi connectivity index (χ1v) is 10.8. The molecule has 0 saturated carbocycles. The van der Waals surface area contributed by atoms with E-state index in [-0.39, 0.29) is 36.8 Å². The maximum Gasteiger partial charge on any atom is 0.283 e. The lowest BCUT2D eigenvalue weighted by atomic mass is 9.83. The number of hydrogen-bond acceptors (Lipinski definition) is 4. The summed E-state index contributed by atoms with van der Waals surface area (Å²) in [6.45, 7) is 0. The molecular weight excluding hydrogens is 482 g/mol. The Balaban J connectivity index is 2.66. The molecule has 0 radical (unpaired) electrons. The van der Waals surface area contributed by atoms with Gasteiger partial charge in [-0.05, 0) is 30.3 Å².